The summed E-state index contributed by atoms with van der Waals surface area (Å²) in [7, 11) is 0. The molecule has 1 amide bonds. The predicted molar refractivity (Wildman–Crippen MR) is 83.2 cm³/mol. The van der Waals surface area contributed by atoms with Crippen LogP contribution in [0, 0.1) is 0 Å². The number of amides is 1. The molecular formula is C16H18N2OS. The maximum absolute atomic E-state index is 12.1. The van der Waals surface area contributed by atoms with Crippen LogP contribution in [0.4, 0.5) is 0 Å². The first-order chi connectivity index (χ1) is 9.79. The summed E-state index contributed by atoms with van der Waals surface area (Å²) in [5.74, 6) is 0.0235. The van der Waals surface area contributed by atoms with Crippen LogP contribution in [0.1, 0.15) is 27.2 Å². The maximum Gasteiger partial charge on any atom is 0.261 e. The van der Waals surface area contributed by atoms with Gasteiger partial charge in [-0.05, 0) is 48.6 Å². The Morgan fingerprint density at radius 1 is 1.25 bits per heavy atom. The Labute approximate surface area is 122 Å². The lowest BCUT2D eigenvalue weighted by Gasteiger charge is -2.15. The second-order valence-electron chi connectivity index (χ2n) is 5.02. The van der Waals surface area contributed by atoms with Crippen LogP contribution in [0.2, 0.25) is 0 Å². The van der Waals surface area contributed by atoms with Crippen LogP contribution < -0.4 is 11.1 Å². The average Bonchev–Trinajstić information content (AvgIpc) is 2.92. The number of carbonyl (C=O) groups excluding carboxylic acids is 1. The topological polar surface area (TPSA) is 55.1 Å². The molecule has 1 aliphatic rings. The van der Waals surface area contributed by atoms with Crippen molar-refractivity contribution in [3.63, 3.8) is 0 Å². The Hall–Kier alpha value is -1.65. The van der Waals surface area contributed by atoms with E-state index in [4.69, 9.17) is 5.73 Å². The van der Waals surface area contributed by atoms with E-state index in [2.05, 4.69) is 29.6 Å². The van der Waals surface area contributed by atoms with Crippen molar-refractivity contribution in [2.75, 3.05) is 13.1 Å². The van der Waals surface area contributed by atoms with Gasteiger partial charge in [0.2, 0.25) is 0 Å². The van der Waals surface area contributed by atoms with Gasteiger partial charge < -0.3 is 11.1 Å². The van der Waals surface area contributed by atoms with Crippen LogP contribution >= 0.6 is 11.3 Å². The molecule has 0 saturated heterocycles. The number of thiophene rings is 1. The maximum atomic E-state index is 12.1. The van der Waals surface area contributed by atoms with Gasteiger partial charge >= 0.3 is 0 Å². The van der Waals surface area contributed by atoms with Gasteiger partial charge in [-0.2, -0.15) is 0 Å². The molecule has 2 aromatic rings. The van der Waals surface area contributed by atoms with Gasteiger partial charge in [-0.3, -0.25) is 4.79 Å². The fraction of sp³-hybridized carbons (Fsp3) is 0.312. The van der Waals surface area contributed by atoms with Gasteiger partial charge in [-0.1, -0.05) is 24.3 Å². The zero-order valence-corrected chi connectivity index (χ0v) is 12.1. The number of nitrogens with two attached hydrogens (primary N) is 1. The van der Waals surface area contributed by atoms with E-state index in [-0.39, 0.29) is 5.91 Å². The van der Waals surface area contributed by atoms with Crippen LogP contribution in [-0.4, -0.2) is 19.0 Å². The number of hydrogen-bond acceptors (Lipinski definition) is 3. The molecule has 0 aliphatic heterocycles. The predicted octanol–water partition coefficient (Wildman–Crippen LogP) is 2.59. The Morgan fingerprint density at radius 3 is 2.90 bits per heavy atom. The van der Waals surface area contributed by atoms with Gasteiger partial charge in [0.05, 0.1) is 4.88 Å². The third kappa shape index (κ3) is 2.49. The van der Waals surface area contributed by atoms with Crippen molar-refractivity contribution in [2.24, 2.45) is 5.73 Å². The summed E-state index contributed by atoms with van der Waals surface area (Å²) in [6.07, 6.45) is 2.91. The molecular weight excluding hydrogens is 268 g/mol. The lowest BCUT2D eigenvalue weighted by atomic mass is 9.91. The van der Waals surface area contributed by atoms with E-state index in [9.17, 15) is 4.79 Å². The molecule has 0 unspecified atom stereocenters. The highest BCUT2D eigenvalue weighted by Crippen LogP contribution is 2.39. The number of hydrogen-bond donors (Lipinski definition) is 2. The quantitative estimate of drug-likeness (QED) is 0.849. The average molecular weight is 286 g/mol. The smallest absolute Gasteiger partial charge is 0.261 e. The molecule has 0 radical (unpaired) electrons. The molecule has 1 aliphatic carbocycles. The van der Waals surface area contributed by atoms with Crippen LogP contribution in [0.3, 0.4) is 0 Å². The van der Waals surface area contributed by atoms with Crippen molar-refractivity contribution in [2.45, 2.75) is 19.3 Å². The molecule has 0 atom stereocenters. The molecule has 20 heavy (non-hydrogen) atoms. The molecule has 104 valence electrons. The molecule has 0 fully saturated rings. The van der Waals surface area contributed by atoms with Gasteiger partial charge in [0.25, 0.3) is 5.91 Å². The van der Waals surface area contributed by atoms with E-state index >= 15 is 0 Å². The standard InChI is InChI=1S/C16H18N2OS/c17-8-3-9-18-16(19)14-10-12-7-6-11-4-1-2-5-13(11)15(12)20-14/h1-2,4-5,10H,3,6-9,17H2,(H,18,19). The first-order valence-electron chi connectivity index (χ1n) is 6.99. The molecule has 4 heteroatoms. The summed E-state index contributed by atoms with van der Waals surface area (Å²) in [5.41, 5.74) is 9.42. The zero-order valence-electron chi connectivity index (χ0n) is 11.3. The Kier molecular flexibility index (Phi) is 3.85. The minimum Gasteiger partial charge on any atom is -0.351 e. The highest BCUT2D eigenvalue weighted by atomic mass is 32.1. The van der Waals surface area contributed by atoms with E-state index in [1.165, 1.54) is 21.6 Å². The fourth-order valence-corrected chi connectivity index (χ4v) is 3.76. The van der Waals surface area contributed by atoms with Crippen LogP contribution in [0.25, 0.3) is 10.4 Å². The monoisotopic (exact) mass is 286 g/mol. The van der Waals surface area contributed by atoms with Crippen LogP contribution in [0.5, 0.6) is 0 Å². The highest BCUT2D eigenvalue weighted by Gasteiger charge is 2.20. The third-order valence-electron chi connectivity index (χ3n) is 3.62. The number of rotatable bonds is 4. The summed E-state index contributed by atoms with van der Waals surface area (Å²) in [5, 5.41) is 2.92. The van der Waals surface area contributed by atoms with E-state index in [0.29, 0.717) is 13.1 Å². The molecule has 3 N–H and O–H groups in total. The van der Waals surface area contributed by atoms with Gasteiger partial charge in [0, 0.05) is 11.4 Å². The van der Waals surface area contributed by atoms with E-state index in [1.807, 2.05) is 6.07 Å². The Bertz CT molecular complexity index is 633. The van der Waals surface area contributed by atoms with Gasteiger partial charge in [0.1, 0.15) is 0 Å². The second kappa shape index (κ2) is 5.77. The summed E-state index contributed by atoms with van der Waals surface area (Å²) in [6.45, 7) is 1.25. The van der Waals surface area contributed by atoms with E-state index in [1.54, 1.807) is 11.3 Å². The lowest BCUT2D eigenvalue weighted by Crippen LogP contribution is -2.25. The van der Waals surface area contributed by atoms with Crippen molar-refractivity contribution >= 4 is 17.2 Å². The molecule has 1 aromatic carbocycles. The first kappa shape index (κ1) is 13.3. The molecule has 0 saturated carbocycles. The summed E-state index contributed by atoms with van der Waals surface area (Å²) >= 11 is 1.60. The first-order valence-corrected chi connectivity index (χ1v) is 7.80. The minimum atomic E-state index is 0.0235. The summed E-state index contributed by atoms with van der Waals surface area (Å²) in [4.78, 5) is 14.2. The van der Waals surface area contributed by atoms with Crippen molar-refractivity contribution in [1.82, 2.24) is 5.32 Å². The van der Waals surface area contributed by atoms with Crippen molar-refractivity contribution < 1.29 is 4.79 Å². The normalized spacial score (nSPS) is 12.7. The highest BCUT2D eigenvalue weighted by molar-refractivity contribution is 7.17. The third-order valence-corrected chi connectivity index (χ3v) is 4.83. The zero-order chi connectivity index (χ0) is 13.9. The summed E-state index contributed by atoms with van der Waals surface area (Å²) < 4.78 is 0. The molecule has 0 spiro atoms. The molecule has 1 heterocycles. The molecule has 0 bridgehead atoms. The van der Waals surface area contributed by atoms with E-state index in [0.717, 1.165) is 24.1 Å². The number of carbonyl (C=O) groups is 1. The van der Waals surface area contributed by atoms with Crippen molar-refractivity contribution in [3.8, 4) is 10.4 Å². The fourth-order valence-electron chi connectivity index (χ4n) is 2.57. The largest absolute Gasteiger partial charge is 0.351 e. The second-order valence-corrected chi connectivity index (χ2v) is 6.07. The molecule has 1 aromatic heterocycles. The molecule has 3 rings (SSSR count). The number of aryl methyl sites for hydroxylation is 2. The van der Waals surface area contributed by atoms with Gasteiger partial charge in [0.15, 0.2) is 0 Å². The van der Waals surface area contributed by atoms with Gasteiger partial charge in [-0.25, -0.2) is 0 Å². The SMILES string of the molecule is NCCCNC(=O)c1cc2c(s1)-c1ccccc1CC2. The molecule has 3 nitrogen and oxygen atoms in total. The lowest BCUT2D eigenvalue weighted by molar-refractivity contribution is 0.0957. The van der Waals surface area contributed by atoms with Crippen molar-refractivity contribution in [1.29, 1.82) is 0 Å². The van der Waals surface area contributed by atoms with Crippen LogP contribution in [0.15, 0.2) is 30.3 Å². The minimum absolute atomic E-state index is 0.0235. The number of benzene rings is 1. The Balaban J connectivity index is 1.85. The number of fused-ring (bicyclic) bond motifs is 3. The summed E-state index contributed by atoms with van der Waals surface area (Å²) in [6, 6.07) is 10.5. The van der Waals surface area contributed by atoms with Crippen molar-refractivity contribution in [3.05, 3.63) is 46.3 Å². The van der Waals surface area contributed by atoms with Gasteiger partial charge in [-0.15, -0.1) is 11.3 Å². The van der Waals surface area contributed by atoms with Crippen LogP contribution in [-0.2, 0) is 12.8 Å². The Morgan fingerprint density at radius 2 is 2.05 bits per heavy atom. The number of nitrogens with one attached hydrogen (secondary N) is 1. The van der Waals surface area contributed by atoms with E-state index < -0.39 is 0 Å².